The number of phenolic OH excluding ortho intramolecular Hbond substituents is 1. The summed E-state index contributed by atoms with van der Waals surface area (Å²) in [6, 6.07) is 10.9. The molecule has 88 valence electrons. The predicted molar refractivity (Wildman–Crippen MR) is 69.8 cm³/mol. The molecule has 1 nitrogen and oxygen atoms in total. The highest BCUT2D eigenvalue weighted by atomic mass is 35.5. The van der Waals surface area contributed by atoms with Gasteiger partial charge in [-0.25, -0.2) is 0 Å². The van der Waals surface area contributed by atoms with Gasteiger partial charge in [0.15, 0.2) is 0 Å². The number of fused-ring (bicyclic) bond motifs is 1. The molecule has 0 saturated carbocycles. The maximum atomic E-state index is 12.2. The van der Waals surface area contributed by atoms with E-state index in [9.17, 15) is 9.50 Å². The third-order valence-electron chi connectivity index (χ3n) is 2.32. The van der Waals surface area contributed by atoms with Gasteiger partial charge in [-0.3, -0.25) is 4.39 Å². The normalized spacial score (nSPS) is 9.31. The van der Waals surface area contributed by atoms with Gasteiger partial charge >= 0.3 is 0 Å². The summed E-state index contributed by atoms with van der Waals surface area (Å²) < 4.78 is 12.2. The van der Waals surface area contributed by atoms with Crippen LogP contribution < -0.4 is 0 Å². The molecule has 0 fully saturated rings. The Bertz CT molecular complexity index is 460. The number of benzene rings is 2. The van der Waals surface area contributed by atoms with Crippen molar-refractivity contribution in [1.82, 2.24) is 0 Å². The lowest BCUT2D eigenvalue weighted by molar-refractivity contribution is 0.476. The molecule has 0 radical (unpaired) electrons. The summed E-state index contributed by atoms with van der Waals surface area (Å²) >= 11 is 0. The minimum Gasteiger partial charge on any atom is -0.508 e. The standard InChI is InChI=1S/C12H11FO.2ClH/c13-7-6-9-2-1-3-10-8-11(14)4-5-12(9)10;;/h1-5,8,14H,6-7H2;2*1H. The smallest absolute Gasteiger partial charge is 0.116 e. The summed E-state index contributed by atoms with van der Waals surface area (Å²) in [5.74, 6) is 0.245. The van der Waals surface area contributed by atoms with E-state index in [1.807, 2.05) is 24.3 Å². The molecule has 2 aromatic carbocycles. The van der Waals surface area contributed by atoms with E-state index in [4.69, 9.17) is 0 Å². The fourth-order valence-electron chi connectivity index (χ4n) is 1.66. The van der Waals surface area contributed by atoms with Crippen molar-refractivity contribution in [2.24, 2.45) is 0 Å². The van der Waals surface area contributed by atoms with Crippen LogP contribution in [0.15, 0.2) is 36.4 Å². The van der Waals surface area contributed by atoms with Gasteiger partial charge < -0.3 is 5.11 Å². The quantitative estimate of drug-likeness (QED) is 0.871. The zero-order valence-electron chi connectivity index (χ0n) is 8.52. The van der Waals surface area contributed by atoms with Crippen molar-refractivity contribution >= 4 is 35.6 Å². The van der Waals surface area contributed by atoms with Gasteiger partial charge in [-0.2, -0.15) is 0 Å². The zero-order valence-corrected chi connectivity index (χ0v) is 10.2. The average molecular weight is 263 g/mol. The van der Waals surface area contributed by atoms with Crippen LogP contribution in [0.25, 0.3) is 10.8 Å². The Morgan fingerprint density at radius 1 is 1.06 bits per heavy atom. The summed E-state index contributed by atoms with van der Waals surface area (Å²) in [7, 11) is 0. The van der Waals surface area contributed by atoms with Crippen LogP contribution in [0.3, 0.4) is 0 Å². The van der Waals surface area contributed by atoms with E-state index in [1.165, 1.54) is 0 Å². The molecule has 16 heavy (non-hydrogen) atoms. The van der Waals surface area contributed by atoms with E-state index in [1.54, 1.807) is 12.1 Å². The summed E-state index contributed by atoms with van der Waals surface area (Å²) in [4.78, 5) is 0. The molecule has 0 amide bonds. The first kappa shape index (κ1) is 15.0. The van der Waals surface area contributed by atoms with Crippen LogP contribution in [0, 0.1) is 0 Å². The van der Waals surface area contributed by atoms with Gasteiger partial charge in [-0.1, -0.05) is 24.3 Å². The highest BCUT2D eigenvalue weighted by Gasteiger charge is 2.00. The summed E-state index contributed by atoms with van der Waals surface area (Å²) in [6.07, 6.45) is 0.433. The second-order valence-corrected chi connectivity index (χ2v) is 3.26. The van der Waals surface area contributed by atoms with Gasteiger partial charge in [0, 0.05) is 6.42 Å². The van der Waals surface area contributed by atoms with Gasteiger partial charge in [0.05, 0.1) is 6.67 Å². The molecule has 0 bridgehead atoms. The first-order chi connectivity index (χ1) is 6.81. The van der Waals surface area contributed by atoms with Gasteiger partial charge in [0.1, 0.15) is 5.75 Å². The Morgan fingerprint density at radius 2 is 1.81 bits per heavy atom. The van der Waals surface area contributed by atoms with Crippen LogP contribution in [-0.4, -0.2) is 11.8 Å². The fourth-order valence-corrected chi connectivity index (χ4v) is 1.66. The third kappa shape index (κ3) is 3.00. The number of alkyl halides is 1. The van der Waals surface area contributed by atoms with E-state index < -0.39 is 0 Å². The molecule has 0 aliphatic rings. The van der Waals surface area contributed by atoms with Gasteiger partial charge in [-0.15, -0.1) is 24.8 Å². The van der Waals surface area contributed by atoms with Crippen LogP contribution in [0.2, 0.25) is 0 Å². The highest BCUT2D eigenvalue weighted by Crippen LogP contribution is 2.23. The molecule has 0 unspecified atom stereocenters. The molecule has 0 atom stereocenters. The average Bonchev–Trinajstić information content (AvgIpc) is 2.18. The maximum absolute atomic E-state index is 12.2. The molecule has 0 aromatic heterocycles. The number of aryl methyl sites for hydroxylation is 1. The Hall–Kier alpha value is -0.990. The van der Waals surface area contributed by atoms with Gasteiger partial charge in [0.2, 0.25) is 0 Å². The second kappa shape index (κ2) is 6.56. The Kier molecular flexibility index (Phi) is 6.16. The third-order valence-corrected chi connectivity index (χ3v) is 2.32. The summed E-state index contributed by atoms with van der Waals surface area (Å²) in [5.41, 5.74) is 0.991. The number of phenols is 1. The number of hydrogen-bond acceptors (Lipinski definition) is 1. The van der Waals surface area contributed by atoms with Crippen LogP contribution in [0.4, 0.5) is 4.39 Å². The Labute approximate surface area is 106 Å². The van der Waals surface area contributed by atoms with Crippen molar-refractivity contribution in [2.75, 3.05) is 6.67 Å². The minimum atomic E-state index is -0.347. The van der Waals surface area contributed by atoms with Crippen LogP contribution in [0.1, 0.15) is 5.56 Å². The molecule has 0 aliphatic carbocycles. The van der Waals surface area contributed by atoms with E-state index in [-0.39, 0.29) is 37.2 Å². The van der Waals surface area contributed by atoms with Crippen molar-refractivity contribution in [3.8, 4) is 5.75 Å². The molecule has 0 aliphatic heterocycles. The lowest BCUT2D eigenvalue weighted by atomic mass is 10.0. The topological polar surface area (TPSA) is 20.2 Å². The molecular weight excluding hydrogens is 250 g/mol. The number of rotatable bonds is 2. The van der Waals surface area contributed by atoms with Crippen LogP contribution >= 0.6 is 24.8 Å². The minimum absolute atomic E-state index is 0. The largest absolute Gasteiger partial charge is 0.508 e. The molecule has 0 spiro atoms. The first-order valence-corrected chi connectivity index (χ1v) is 4.58. The molecule has 0 heterocycles. The number of hydrogen-bond donors (Lipinski definition) is 1. The Morgan fingerprint density at radius 3 is 2.50 bits per heavy atom. The highest BCUT2D eigenvalue weighted by molar-refractivity contribution is 5.87. The first-order valence-electron chi connectivity index (χ1n) is 4.58. The van der Waals surface area contributed by atoms with E-state index in [2.05, 4.69) is 0 Å². The second-order valence-electron chi connectivity index (χ2n) is 3.26. The Balaban J connectivity index is 0.00000112. The van der Waals surface area contributed by atoms with Crippen molar-refractivity contribution in [1.29, 1.82) is 0 Å². The van der Waals surface area contributed by atoms with Crippen molar-refractivity contribution in [2.45, 2.75) is 6.42 Å². The van der Waals surface area contributed by atoms with Crippen molar-refractivity contribution < 1.29 is 9.50 Å². The van der Waals surface area contributed by atoms with E-state index >= 15 is 0 Å². The lowest BCUT2D eigenvalue weighted by Crippen LogP contribution is -1.88. The maximum Gasteiger partial charge on any atom is 0.116 e. The SMILES string of the molecule is Cl.Cl.Oc1ccc2c(CCF)cccc2c1. The van der Waals surface area contributed by atoms with Gasteiger partial charge in [0.25, 0.3) is 0 Å². The lowest BCUT2D eigenvalue weighted by Gasteiger charge is -2.04. The molecule has 2 rings (SSSR count). The number of halogens is 3. The summed E-state index contributed by atoms with van der Waals surface area (Å²) in [6.45, 7) is -0.347. The van der Waals surface area contributed by atoms with Crippen molar-refractivity contribution in [3.05, 3.63) is 42.0 Å². The van der Waals surface area contributed by atoms with Crippen LogP contribution in [0.5, 0.6) is 5.75 Å². The zero-order chi connectivity index (χ0) is 9.97. The van der Waals surface area contributed by atoms with Gasteiger partial charge in [-0.05, 0) is 28.5 Å². The molecular formula is C12H13Cl2FO. The molecule has 2 aromatic rings. The van der Waals surface area contributed by atoms with E-state index in [0.29, 0.717) is 6.42 Å². The number of aromatic hydroxyl groups is 1. The predicted octanol–water partition coefficient (Wildman–Crippen LogP) is 3.90. The molecule has 4 heteroatoms. The monoisotopic (exact) mass is 262 g/mol. The molecule has 0 saturated heterocycles. The van der Waals surface area contributed by atoms with Crippen molar-refractivity contribution in [3.63, 3.8) is 0 Å². The van der Waals surface area contributed by atoms with E-state index in [0.717, 1.165) is 16.3 Å². The summed E-state index contributed by atoms with van der Waals surface area (Å²) in [5, 5.41) is 11.2. The molecule has 1 N–H and O–H groups in total. The fraction of sp³-hybridized carbons (Fsp3) is 0.167. The van der Waals surface area contributed by atoms with Crippen LogP contribution in [-0.2, 0) is 6.42 Å².